The van der Waals surface area contributed by atoms with Crippen molar-refractivity contribution in [3.05, 3.63) is 34.9 Å². The number of nitrogens with zero attached hydrogens (tertiary/aromatic N) is 3. The molecule has 0 unspecified atom stereocenters. The molecule has 2 fully saturated rings. The Morgan fingerprint density at radius 3 is 2.48 bits per heavy atom. The van der Waals surface area contributed by atoms with E-state index in [2.05, 4.69) is 35.8 Å². The Morgan fingerprint density at radius 1 is 1.19 bits per heavy atom. The zero-order valence-corrected chi connectivity index (χ0v) is 17.6. The largest absolute Gasteiger partial charge is 0.325 e. The summed E-state index contributed by atoms with van der Waals surface area (Å²) >= 11 is 6.13. The number of piperidine rings is 1. The summed E-state index contributed by atoms with van der Waals surface area (Å²) in [6, 6.07) is 8.98. The van der Waals surface area contributed by atoms with E-state index in [1.165, 1.54) is 5.56 Å². The van der Waals surface area contributed by atoms with Gasteiger partial charge in [0.25, 0.3) is 0 Å². The quantitative estimate of drug-likeness (QED) is 0.712. The molecule has 27 heavy (non-hydrogen) atoms. The predicted octanol–water partition coefficient (Wildman–Crippen LogP) is 4.52. The number of likely N-dealkylation sites (N-methyl/N-ethyl adjacent to an activating group) is 1. The Balaban J connectivity index is 1.46. The molecule has 5 heteroatoms. The topological polar surface area (TPSA) is 26.8 Å². The average molecular weight is 392 g/mol. The van der Waals surface area contributed by atoms with Gasteiger partial charge in [-0.15, -0.1) is 0 Å². The highest BCUT2D eigenvalue weighted by atomic mass is 35.5. The molecule has 3 rings (SSSR count). The minimum Gasteiger partial charge on any atom is -0.325 e. The van der Waals surface area contributed by atoms with Gasteiger partial charge in [-0.2, -0.15) is 0 Å². The van der Waals surface area contributed by atoms with E-state index in [1.54, 1.807) is 0 Å². The Morgan fingerprint density at radius 2 is 1.85 bits per heavy atom. The molecule has 1 atom stereocenters. The summed E-state index contributed by atoms with van der Waals surface area (Å²) < 4.78 is 0. The first-order valence-electron chi connectivity index (χ1n) is 10.6. The number of rotatable bonds is 6. The molecule has 2 aliphatic heterocycles. The van der Waals surface area contributed by atoms with Crippen LogP contribution in [0.5, 0.6) is 0 Å². The van der Waals surface area contributed by atoms with Gasteiger partial charge >= 0.3 is 6.03 Å². The lowest BCUT2D eigenvalue weighted by atomic mass is 9.95. The third kappa shape index (κ3) is 5.61. The van der Waals surface area contributed by atoms with Crippen LogP contribution in [0.4, 0.5) is 4.79 Å². The number of carbonyl (C=O) groups is 1. The molecule has 0 aromatic heterocycles. The van der Waals surface area contributed by atoms with Gasteiger partial charge in [-0.3, -0.25) is 0 Å². The van der Waals surface area contributed by atoms with Crippen LogP contribution >= 0.6 is 11.6 Å². The fraction of sp³-hybridized carbons (Fsp3) is 0.682. The summed E-state index contributed by atoms with van der Waals surface area (Å²) in [6.45, 7) is 10.5. The van der Waals surface area contributed by atoms with Crippen LogP contribution in [-0.4, -0.2) is 66.0 Å². The minimum absolute atomic E-state index is 0.271. The second kappa shape index (κ2) is 9.79. The van der Waals surface area contributed by atoms with Crippen molar-refractivity contribution in [3.63, 3.8) is 0 Å². The molecular formula is C22H34ClN3O. The van der Waals surface area contributed by atoms with Crippen LogP contribution in [-0.2, 0) is 6.42 Å². The van der Waals surface area contributed by atoms with Crippen LogP contribution < -0.4 is 0 Å². The number of amides is 2. The molecule has 1 aromatic rings. The summed E-state index contributed by atoms with van der Waals surface area (Å²) in [7, 11) is 0. The first kappa shape index (κ1) is 20.5. The van der Waals surface area contributed by atoms with E-state index in [-0.39, 0.29) is 6.03 Å². The third-order valence-electron chi connectivity index (χ3n) is 6.20. The summed E-state index contributed by atoms with van der Waals surface area (Å²) in [5, 5.41) is 0.817. The first-order chi connectivity index (χ1) is 13.1. The molecule has 2 saturated heterocycles. The molecule has 2 heterocycles. The number of benzene rings is 1. The zero-order valence-electron chi connectivity index (χ0n) is 16.9. The van der Waals surface area contributed by atoms with Gasteiger partial charge in [-0.1, -0.05) is 30.7 Å². The fourth-order valence-electron chi connectivity index (χ4n) is 4.50. The Bertz CT molecular complexity index is 609. The van der Waals surface area contributed by atoms with Crippen molar-refractivity contribution < 1.29 is 4.79 Å². The molecule has 0 N–H and O–H groups in total. The Labute approximate surface area is 169 Å². The first-order valence-corrected chi connectivity index (χ1v) is 11.0. The second-order valence-electron chi connectivity index (χ2n) is 8.18. The lowest BCUT2D eigenvalue weighted by Gasteiger charge is -2.38. The number of urea groups is 1. The van der Waals surface area contributed by atoms with Crippen molar-refractivity contribution >= 4 is 17.6 Å². The minimum atomic E-state index is 0.271. The van der Waals surface area contributed by atoms with Gasteiger partial charge in [-0.05, 0) is 69.2 Å². The summed E-state index contributed by atoms with van der Waals surface area (Å²) in [4.78, 5) is 19.3. The van der Waals surface area contributed by atoms with E-state index in [0.717, 1.165) is 76.4 Å². The lowest BCUT2D eigenvalue weighted by molar-refractivity contribution is 0.116. The molecule has 2 aliphatic rings. The van der Waals surface area contributed by atoms with Crippen molar-refractivity contribution in [3.8, 4) is 0 Å². The van der Waals surface area contributed by atoms with Gasteiger partial charge in [0.15, 0.2) is 0 Å². The normalized spacial score (nSPS) is 19.7. The monoisotopic (exact) mass is 391 g/mol. The van der Waals surface area contributed by atoms with Crippen molar-refractivity contribution in [1.82, 2.24) is 14.7 Å². The van der Waals surface area contributed by atoms with Gasteiger partial charge in [-0.25, -0.2) is 4.79 Å². The lowest BCUT2D eigenvalue weighted by Crippen LogP contribution is -2.47. The number of hydrogen-bond acceptors (Lipinski definition) is 2. The van der Waals surface area contributed by atoms with E-state index in [4.69, 9.17) is 11.6 Å². The van der Waals surface area contributed by atoms with Crippen LogP contribution in [0.25, 0.3) is 0 Å². The third-order valence-corrected chi connectivity index (χ3v) is 6.44. The van der Waals surface area contributed by atoms with E-state index in [9.17, 15) is 4.79 Å². The number of halogens is 1. The van der Waals surface area contributed by atoms with Crippen LogP contribution in [0.1, 0.15) is 45.1 Å². The van der Waals surface area contributed by atoms with E-state index in [0.29, 0.717) is 12.0 Å². The molecular weight excluding hydrogens is 358 g/mol. The molecule has 1 aromatic carbocycles. The van der Waals surface area contributed by atoms with Gasteiger partial charge in [0.2, 0.25) is 0 Å². The Kier molecular flexibility index (Phi) is 7.42. The molecule has 0 radical (unpaired) electrons. The van der Waals surface area contributed by atoms with E-state index < -0.39 is 0 Å². The number of likely N-dealkylation sites (tertiary alicyclic amines) is 2. The maximum atomic E-state index is 12.6. The highest BCUT2D eigenvalue weighted by molar-refractivity contribution is 6.30. The van der Waals surface area contributed by atoms with Gasteiger partial charge in [0.05, 0.1) is 0 Å². The van der Waals surface area contributed by atoms with E-state index in [1.807, 2.05) is 17.0 Å². The molecule has 0 bridgehead atoms. The summed E-state index contributed by atoms with van der Waals surface area (Å²) in [6.07, 6.45) is 5.61. The van der Waals surface area contributed by atoms with Crippen LogP contribution in [0, 0.1) is 5.92 Å². The van der Waals surface area contributed by atoms with Crippen LogP contribution in [0.15, 0.2) is 24.3 Å². The molecule has 4 nitrogen and oxygen atoms in total. The van der Waals surface area contributed by atoms with Gasteiger partial charge < -0.3 is 14.7 Å². The van der Waals surface area contributed by atoms with Crippen molar-refractivity contribution in [2.75, 3.05) is 39.3 Å². The standard InChI is InChI=1S/C22H34ClN3O/c1-3-24(18(2)15-20-7-6-8-21(23)16-20)17-19-9-13-26(14-10-19)22(27)25-11-4-5-12-25/h6-8,16,18-19H,3-5,9-15,17H2,1-2H3/t18-/m0/s1. The van der Waals surface area contributed by atoms with Crippen molar-refractivity contribution in [2.45, 2.75) is 52.0 Å². The molecule has 0 aliphatic carbocycles. The number of hydrogen-bond donors (Lipinski definition) is 0. The molecule has 0 spiro atoms. The van der Waals surface area contributed by atoms with E-state index >= 15 is 0 Å². The second-order valence-corrected chi connectivity index (χ2v) is 8.61. The average Bonchev–Trinajstić information content (AvgIpc) is 3.20. The van der Waals surface area contributed by atoms with Crippen molar-refractivity contribution in [1.29, 1.82) is 0 Å². The fourth-order valence-corrected chi connectivity index (χ4v) is 4.71. The Hall–Kier alpha value is -1.26. The predicted molar refractivity (Wildman–Crippen MR) is 112 cm³/mol. The number of carbonyl (C=O) groups excluding carboxylic acids is 1. The molecule has 150 valence electrons. The maximum Gasteiger partial charge on any atom is 0.319 e. The highest BCUT2D eigenvalue weighted by Crippen LogP contribution is 2.22. The molecule has 0 saturated carbocycles. The summed E-state index contributed by atoms with van der Waals surface area (Å²) in [5.74, 6) is 0.689. The van der Waals surface area contributed by atoms with Crippen LogP contribution in [0.2, 0.25) is 5.02 Å². The molecule has 2 amide bonds. The highest BCUT2D eigenvalue weighted by Gasteiger charge is 2.28. The maximum absolute atomic E-state index is 12.6. The van der Waals surface area contributed by atoms with Gasteiger partial charge in [0, 0.05) is 43.8 Å². The SMILES string of the molecule is CCN(CC1CCN(C(=O)N2CCCC2)CC1)[C@@H](C)Cc1cccc(Cl)c1. The zero-order chi connectivity index (χ0) is 19.2. The van der Waals surface area contributed by atoms with Crippen molar-refractivity contribution in [2.24, 2.45) is 5.92 Å². The van der Waals surface area contributed by atoms with Gasteiger partial charge in [0.1, 0.15) is 0 Å². The van der Waals surface area contributed by atoms with Crippen LogP contribution in [0.3, 0.4) is 0 Å². The summed E-state index contributed by atoms with van der Waals surface area (Å²) in [5.41, 5.74) is 1.31. The smallest absolute Gasteiger partial charge is 0.319 e.